The standard InChI is InChI=1S/C17H23N5/c1-14-12-16(22-10-8-21(2)9-11-22)20-17(19-14)18-13-15-6-4-3-5-7-15/h3-7,12H,8-11,13H2,1-2H3,(H,18,19,20). The number of anilines is 2. The van der Waals surface area contributed by atoms with E-state index in [-0.39, 0.29) is 0 Å². The zero-order chi connectivity index (χ0) is 15.4. The van der Waals surface area contributed by atoms with Crippen molar-refractivity contribution < 1.29 is 0 Å². The van der Waals surface area contributed by atoms with Gasteiger partial charge in [-0.25, -0.2) is 4.98 Å². The van der Waals surface area contributed by atoms with Gasteiger partial charge in [0, 0.05) is 44.5 Å². The molecular formula is C17H23N5. The second kappa shape index (κ2) is 6.75. The van der Waals surface area contributed by atoms with E-state index >= 15 is 0 Å². The molecule has 1 N–H and O–H groups in total. The fraction of sp³-hybridized carbons (Fsp3) is 0.412. The minimum absolute atomic E-state index is 0.706. The predicted molar refractivity (Wildman–Crippen MR) is 90.2 cm³/mol. The molecule has 1 fully saturated rings. The third-order valence-electron chi connectivity index (χ3n) is 3.96. The third-order valence-corrected chi connectivity index (χ3v) is 3.96. The van der Waals surface area contributed by atoms with E-state index in [1.807, 2.05) is 25.1 Å². The maximum absolute atomic E-state index is 4.68. The molecule has 3 rings (SSSR count). The summed E-state index contributed by atoms with van der Waals surface area (Å²) in [5, 5.41) is 3.33. The zero-order valence-electron chi connectivity index (χ0n) is 13.3. The van der Waals surface area contributed by atoms with Crippen molar-refractivity contribution >= 4 is 11.8 Å². The molecule has 5 heteroatoms. The highest BCUT2D eigenvalue weighted by Crippen LogP contribution is 2.17. The van der Waals surface area contributed by atoms with Crippen LogP contribution in [0.25, 0.3) is 0 Å². The van der Waals surface area contributed by atoms with Gasteiger partial charge in [-0.05, 0) is 19.5 Å². The van der Waals surface area contributed by atoms with Crippen molar-refractivity contribution in [1.29, 1.82) is 0 Å². The van der Waals surface area contributed by atoms with Crippen LogP contribution in [0.4, 0.5) is 11.8 Å². The molecule has 1 aromatic heterocycles. The number of hydrogen-bond donors (Lipinski definition) is 1. The monoisotopic (exact) mass is 297 g/mol. The maximum atomic E-state index is 4.68. The summed E-state index contributed by atoms with van der Waals surface area (Å²) >= 11 is 0. The van der Waals surface area contributed by atoms with E-state index in [4.69, 9.17) is 0 Å². The summed E-state index contributed by atoms with van der Waals surface area (Å²) in [4.78, 5) is 13.9. The van der Waals surface area contributed by atoms with E-state index in [0.717, 1.165) is 44.2 Å². The van der Waals surface area contributed by atoms with Gasteiger partial charge in [-0.2, -0.15) is 4.98 Å². The third kappa shape index (κ3) is 3.74. The van der Waals surface area contributed by atoms with Crippen LogP contribution in [0.15, 0.2) is 36.4 Å². The molecule has 22 heavy (non-hydrogen) atoms. The Bertz CT molecular complexity index is 606. The first-order chi connectivity index (χ1) is 10.7. The Morgan fingerprint density at radius 3 is 2.50 bits per heavy atom. The van der Waals surface area contributed by atoms with Crippen molar-refractivity contribution in [2.75, 3.05) is 43.4 Å². The molecule has 0 amide bonds. The molecule has 0 saturated carbocycles. The van der Waals surface area contributed by atoms with Gasteiger partial charge in [-0.15, -0.1) is 0 Å². The molecule has 1 aliphatic heterocycles. The zero-order valence-corrected chi connectivity index (χ0v) is 13.3. The molecule has 1 aromatic carbocycles. The first kappa shape index (κ1) is 14.8. The molecule has 0 radical (unpaired) electrons. The number of nitrogens with one attached hydrogen (secondary N) is 1. The van der Waals surface area contributed by atoms with Crippen LogP contribution in [-0.4, -0.2) is 48.1 Å². The van der Waals surface area contributed by atoms with E-state index in [1.165, 1.54) is 5.56 Å². The first-order valence-corrected chi connectivity index (χ1v) is 7.78. The summed E-state index contributed by atoms with van der Waals surface area (Å²) in [5.41, 5.74) is 2.23. The summed E-state index contributed by atoms with van der Waals surface area (Å²) in [6.45, 7) is 6.96. The number of benzene rings is 1. The second-order valence-electron chi connectivity index (χ2n) is 5.82. The Morgan fingerprint density at radius 2 is 1.77 bits per heavy atom. The minimum atomic E-state index is 0.706. The lowest BCUT2D eigenvalue weighted by Gasteiger charge is -2.33. The van der Waals surface area contributed by atoms with Crippen LogP contribution in [0.2, 0.25) is 0 Å². The van der Waals surface area contributed by atoms with Crippen molar-refractivity contribution in [3.63, 3.8) is 0 Å². The molecule has 2 heterocycles. The van der Waals surface area contributed by atoms with E-state index in [0.29, 0.717) is 5.95 Å². The van der Waals surface area contributed by atoms with Crippen molar-refractivity contribution in [1.82, 2.24) is 14.9 Å². The van der Waals surface area contributed by atoms with Gasteiger partial charge >= 0.3 is 0 Å². The van der Waals surface area contributed by atoms with Crippen LogP contribution in [0, 0.1) is 6.92 Å². The fourth-order valence-corrected chi connectivity index (χ4v) is 2.61. The van der Waals surface area contributed by atoms with Gasteiger partial charge in [0.15, 0.2) is 0 Å². The molecule has 1 saturated heterocycles. The topological polar surface area (TPSA) is 44.3 Å². The molecule has 116 valence electrons. The number of rotatable bonds is 4. The summed E-state index contributed by atoms with van der Waals surface area (Å²) in [7, 11) is 2.16. The lowest BCUT2D eigenvalue weighted by atomic mass is 10.2. The Kier molecular flexibility index (Phi) is 4.53. The number of aromatic nitrogens is 2. The summed E-state index contributed by atoms with van der Waals surface area (Å²) in [6, 6.07) is 12.4. The largest absolute Gasteiger partial charge is 0.354 e. The highest BCUT2D eigenvalue weighted by Gasteiger charge is 2.16. The van der Waals surface area contributed by atoms with Crippen LogP contribution in [0.5, 0.6) is 0 Å². The van der Waals surface area contributed by atoms with Crippen LogP contribution in [0.3, 0.4) is 0 Å². The Labute approximate surface area is 132 Å². The molecule has 0 unspecified atom stereocenters. The van der Waals surface area contributed by atoms with Crippen LogP contribution >= 0.6 is 0 Å². The van der Waals surface area contributed by atoms with Crippen molar-refractivity contribution in [2.24, 2.45) is 0 Å². The van der Waals surface area contributed by atoms with E-state index in [1.54, 1.807) is 0 Å². The van der Waals surface area contributed by atoms with E-state index in [9.17, 15) is 0 Å². The highest BCUT2D eigenvalue weighted by atomic mass is 15.3. The number of likely N-dealkylation sites (N-methyl/N-ethyl adjacent to an activating group) is 1. The fourth-order valence-electron chi connectivity index (χ4n) is 2.61. The Morgan fingerprint density at radius 1 is 1.05 bits per heavy atom. The van der Waals surface area contributed by atoms with Crippen LogP contribution in [-0.2, 0) is 6.54 Å². The molecule has 0 aliphatic carbocycles. The molecule has 5 nitrogen and oxygen atoms in total. The van der Waals surface area contributed by atoms with E-state index < -0.39 is 0 Å². The van der Waals surface area contributed by atoms with Gasteiger partial charge in [0.25, 0.3) is 0 Å². The Balaban J connectivity index is 1.70. The molecule has 0 atom stereocenters. The lowest BCUT2D eigenvalue weighted by Crippen LogP contribution is -2.44. The van der Waals surface area contributed by atoms with E-state index in [2.05, 4.69) is 50.3 Å². The quantitative estimate of drug-likeness (QED) is 0.937. The first-order valence-electron chi connectivity index (χ1n) is 7.78. The summed E-state index contributed by atoms with van der Waals surface area (Å²) in [6.07, 6.45) is 0. The number of piperazine rings is 1. The van der Waals surface area contributed by atoms with Crippen molar-refractivity contribution in [3.05, 3.63) is 47.7 Å². The van der Waals surface area contributed by atoms with Crippen LogP contribution < -0.4 is 10.2 Å². The number of hydrogen-bond acceptors (Lipinski definition) is 5. The SMILES string of the molecule is Cc1cc(N2CCN(C)CC2)nc(NCc2ccccc2)n1. The smallest absolute Gasteiger partial charge is 0.225 e. The van der Waals surface area contributed by atoms with Gasteiger partial charge in [0.1, 0.15) is 5.82 Å². The predicted octanol–water partition coefficient (Wildman–Crippen LogP) is 2.15. The molecule has 0 bridgehead atoms. The number of aryl methyl sites for hydroxylation is 1. The Hall–Kier alpha value is -2.14. The molecule has 1 aliphatic rings. The second-order valence-corrected chi connectivity index (χ2v) is 5.82. The maximum Gasteiger partial charge on any atom is 0.225 e. The average molecular weight is 297 g/mol. The van der Waals surface area contributed by atoms with Gasteiger partial charge < -0.3 is 15.1 Å². The minimum Gasteiger partial charge on any atom is -0.354 e. The summed E-state index contributed by atoms with van der Waals surface area (Å²) in [5.74, 6) is 1.73. The molecule has 0 spiro atoms. The number of nitrogens with zero attached hydrogens (tertiary/aromatic N) is 4. The van der Waals surface area contributed by atoms with Gasteiger partial charge in [-0.3, -0.25) is 0 Å². The van der Waals surface area contributed by atoms with Crippen molar-refractivity contribution in [2.45, 2.75) is 13.5 Å². The average Bonchev–Trinajstić information content (AvgIpc) is 2.54. The van der Waals surface area contributed by atoms with Crippen LogP contribution in [0.1, 0.15) is 11.3 Å². The normalized spacial score (nSPS) is 15.8. The molecule has 2 aromatic rings. The van der Waals surface area contributed by atoms with Gasteiger partial charge in [-0.1, -0.05) is 30.3 Å². The summed E-state index contributed by atoms with van der Waals surface area (Å²) < 4.78 is 0. The van der Waals surface area contributed by atoms with Crippen molar-refractivity contribution in [3.8, 4) is 0 Å². The highest BCUT2D eigenvalue weighted by molar-refractivity contribution is 5.45. The van der Waals surface area contributed by atoms with Gasteiger partial charge in [0.2, 0.25) is 5.95 Å². The lowest BCUT2D eigenvalue weighted by molar-refractivity contribution is 0.312. The molecular weight excluding hydrogens is 274 g/mol. The van der Waals surface area contributed by atoms with Gasteiger partial charge in [0.05, 0.1) is 0 Å².